The summed E-state index contributed by atoms with van der Waals surface area (Å²) in [5.74, 6) is -0.447. The maximum atomic E-state index is 11.2. The summed E-state index contributed by atoms with van der Waals surface area (Å²) in [6, 6.07) is 16.3. The summed E-state index contributed by atoms with van der Waals surface area (Å²) in [6.45, 7) is 0.266. The number of carboxylic acid groups (broad SMARTS) is 1. The molecule has 6 heteroatoms. The second-order valence-corrected chi connectivity index (χ2v) is 4.47. The molecule has 0 spiro atoms. The van der Waals surface area contributed by atoms with E-state index in [2.05, 4.69) is 15.4 Å². The van der Waals surface area contributed by atoms with Crippen molar-refractivity contribution in [1.29, 1.82) is 0 Å². The van der Waals surface area contributed by atoms with Gasteiger partial charge in [0.05, 0.1) is 12.1 Å². The Labute approximate surface area is 120 Å². The molecule has 6 nitrogen and oxygen atoms in total. The summed E-state index contributed by atoms with van der Waals surface area (Å²) in [4.78, 5) is 12.6. The topological polar surface area (TPSA) is 80.9 Å². The number of benzene rings is 2. The van der Waals surface area contributed by atoms with Crippen molar-refractivity contribution < 1.29 is 9.90 Å². The number of hydrogen-bond acceptors (Lipinski definition) is 4. The van der Waals surface area contributed by atoms with Crippen molar-refractivity contribution in [3.8, 4) is 11.4 Å². The van der Waals surface area contributed by atoms with Gasteiger partial charge in [0, 0.05) is 5.56 Å². The Bertz CT molecular complexity index is 768. The molecule has 3 rings (SSSR count). The highest BCUT2D eigenvalue weighted by Crippen LogP contribution is 2.13. The van der Waals surface area contributed by atoms with Crippen molar-refractivity contribution in [1.82, 2.24) is 20.2 Å². The van der Waals surface area contributed by atoms with Gasteiger partial charge in [0.25, 0.3) is 0 Å². The van der Waals surface area contributed by atoms with Gasteiger partial charge in [0.2, 0.25) is 5.82 Å². The maximum Gasteiger partial charge on any atom is 0.336 e. The Morgan fingerprint density at radius 2 is 1.76 bits per heavy atom. The zero-order valence-corrected chi connectivity index (χ0v) is 11.0. The van der Waals surface area contributed by atoms with Crippen LogP contribution in [0.4, 0.5) is 0 Å². The summed E-state index contributed by atoms with van der Waals surface area (Å²) in [7, 11) is 0. The van der Waals surface area contributed by atoms with Crippen LogP contribution >= 0.6 is 0 Å². The van der Waals surface area contributed by atoms with E-state index in [1.807, 2.05) is 30.3 Å². The Morgan fingerprint density at radius 3 is 2.52 bits per heavy atom. The van der Waals surface area contributed by atoms with Crippen LogP contribution in [-0.4, -0.2) is 31.3 Å². The van der Waals surface area contributed by atoms with Crippen molar-refractivity contribution in [3.63, 3.8) is 0 Å². The summed E-state index contributed by atoms with van der Waals surface area (Å²) < 4.78 is 0. The van der Waals surface area contributed by atoms with Crippen LogP contribution in [0.5, 0.6) is 0 Å². The Balaban J connectivity index is 1.87. The number of aromatic nitrogens is 4. The molecule has 1 N–H and O–H groups in total. The number of nitrogens with zero attached hydrogens (tertiary/aromatic N) is 4. The van der Waals surface area contributed by atoms with E-state index in [1.54, 1.807) is 24.3 Å². The fourth-order valence-electron chi connectivity index (χ4n) is 2.03. The predicted molar refractivity (Wildman–Crippen MR) is 75.8 cm³/mol. The number of rotatable bonds is 4. The lowest BCUT2D eigenvalue weighted by molar-refractivity contribution is 0.0695. The largest absolute Gasteiger partial charge is 0.478 e. The molecule has 0 atom stereocenters. The molecule has 0 fully saturated rings. The van der Waals surface area contributed by atoms with Gasteiger partial charge in [0.1, 0.15) is 0 Å². The minimum absolute atomic E-state index is 0.246. The van der Waals surface area contributed by atoms with Crippen LogP contribution in [0.15, 0.2) is 54.6 Å². The molecule has 1 aromatic heterocycles. The Morgan fingerprint density at radius 1 is 1.05 bits per heavy atom. The molecule has 104 valence electrons. The van der Waals surface area contributed by atoms with Crippen LogP contribution in [0.1, 0.15) is 15.9 Å². The van der Waals surface area contributed by atoms with Crippen LogP contribution < -0.4 is 0 Å². The quantitative estimate of drug-likeness (QED) is 0.791. The highest BCUT2D eigenvalue weighted by atomic mass is 16.4. The third kappa shape index (κ3) is 2.79. The number of carbonyl (C=O) groups is 1. The first kappa shape index (κ1) is 13.0. The van der Waals surface area contributed by atoms with Crippen LogP contribution in [0.3, 0.4) is 0 Å². The van der Waals surface area contributed by atoms with Crippen molar-refractivity contribution in [2.45, 2.75) is 6.54 Å². The molecule has 21 heavy (non-hydrogen) atoms. The molecule has 0 unspecified atom stereocenters. The fourth-order valence-corrected chi connectivity index (χ4v) is 2.03. The molecule has 0 amide bonds. The molecule has 1 heterocycles. The van der Waals surface area contributed by atoms with Gasteiger partial charge < -0.3 is 5.11 Å². The smallest absolute Gasteiger partial charge is 0.336 e. The van der Waals surface area contributed by atoms with Gasteiger partial charge in [-0.1, -0.05) is 48.5 Å². The zero-order chi connectivity index (χ0) is 14.7. The highest BCUT2D eigenvalue weighted by Gasteiger charge is 2.11. The average molecular weight is 280 g/mol. The number of aromatic carboxylic acids is 1. The van der Waals surface area contributed by atoms with Crippen LogP contribution in [0.2, 0.25) is 0 Å². The van der Waals surface area contributed by atoms with Gasteiger partial charge in [-0.2, -0.15) is 4.80 Å². The van der Waals surface area contributed by atoms with Crippen molar-refractivity contribution >= 4 is 5.97 Å². The second kappa shape index (κ2) is 5.54. The molecular formula is C15H12N4O2. The van der Waals surface area contributed by atoms with Gasteiger partial charge >= 0.3 is 5.97 Å². The first-order chi connectivity index (χ1) is 10.2. The first-order valence-corrected chi connectivity index (χ1v) is 6.38. The standard InChI is InChI=1S/C15H12N4O2/c20-15(21)13-9-5-4-8-12(13)10-19-17-14(16-18-19)11-6-2-1-3-7-11/h1-9H,10H2,(H,20,21). The lowest BCUT2D eigenvalue weighted by Crippen LogP contribution is -2.09. The van der Waals surface area contributed by atoms with Crippen LogP contribution in [-0.2, 0) is 6.54 Å². The molecular weight excluding hydrogens is 268 g/mol. The van der Waals surface area contributed by atoms with Crippen molar-refractivity contribution in [2.24, 2.45) is 0 Å². The molecule has 0 aliphatic carbocycles. The number of tetrazole rings is 1. The van der Waals surface area contributed by atoms with Gasteiger partial charge in [-0.25, -0.2) is 4.79 Å². The fraction of sp³-hybridized carbons (Fsp3) is 0.0667. The third-order valence-corrected chi connectivity index (χ3v) is 3.04. The normalized spacial score (nSPS) is 10.5. The third-order valence-electron chi connectivity index (χ3n) is 3.04. The van der Waals surface area contributed by atoms with Gasteiger partial charge in [0.15, 0.2) is 0 Å². The second-order valence-electron chi connectivity index (χ2n) is 4.47. The Hall–Kier alpha value is -3.02. The lowest BCUT2D eigenvalue weighted by Gasteiger charge is -2.03. The summed E-state index contributed by atoms with van der Waals surface area (Å²) in [6.07, 6.45) is 0. The van der Waals surface area contributed by atoms with Crippen molar-refractivity contribution in [3.05, 3.63) is 65.7 Å². The summed E-state index contributed by atoms with van der Waals surface area (Å²) in [5.41, 5.74) is 1.76. The van der Waals surface area contributed by atoms with E-state index in [0.29, 0.717) is 11.4 Å². The van der Waals surface area contributed by atoms with E-state index in [9.17, 15) is 4.79 Å². The lowest BCUT2D eigenvalue weighted by atomic mass is 10.1. The number of hydrogen-bond donors (Lipinski definition) is 1. The van der Waals surface area contributed by atoms with Crippen LogP contribution in [0, 0.1) is 0 Å². The molecule has 0 saturated carbocycles. The molecule has 0 aliphatic heterocycles. The van der Waals surface area contributed by atoms with Gasteiger partial charge in [-0.3, -0.25) is 0 Å². The summed E-state index contributed by atoms with van der Waals surface area (Å²) >= 11 is 0. The Kier molecular flexibility index (Phi) is 3.42. The minimum Gasteiger partial charge on any atom is -0.478 e. The van der Waals surface area contributed by atoms with E-state index >= 15 is 0 Å². The minimum atomic E-state index is -0.964. The van der Waals surface area contributed by atoms with E-state index in [4.69, 9.17) is 5.11 Å². The number of carboxylic acids is 1. The van der Waals surface area contributed by atoms with E-state index in [-0.39, 0.29) is 12.1 Å². The van der Waals surface area contributed by atoms with Gasteiger partial charge in [-0.05, 0) is 16.8 Å². The molecule has 2 aromatic carbocycles. The molecule has 3 aromatic rings. The maximum absolute atomic E-state index is 11.2. The van der Waals surface area contributed by atoms with Crippen LogP contribution in [0.25, 0.3) is 11.4 Å². The molecule has 0 saturated heterocycles. The highest BCUT2D eigenvalue weighted by molar-refractivity contribution is 5.89. The predicted octanol–water partition coefficient (Wildman–Crippen LogP) is 2.09. The van der Waals surface area contributed by atoms with E-state index in [0.717, 1.165) is 5.56 Å². The van der Waals surface area contributed by atoms with E-state index < -0.39 is 5.97 Å². The molecule has 0 aliphatic rings. The molecule has 0 bridgehead atoms. The average Bonchev–Trinajstić information content (AvgIpc) is 2.97. The zero-order valence-electron chi connectivity index (χ0n) is 11.0. The van der Waals surface area contributed by atoms with Crippen molar-refractivity contribution in [2.75, 3.05) is 0 Å². The van der Waals surface area contributed by atoms with E-state index in [1.165, 1.54) is 4.80 Å². The molecule has 0 radical (unpaired) electrons. The van der Waals surface area contributed by atoms with Gasteiger partial charge in [-0.15, -0.1) is 10.2 Å². The first-order valence-electron chi connectivity index (χ1n) is 6.38. The SMILES string of the molecule is O=C(O)c1ccccc1Cn1nnc(-c2ccccc2)n1. The summed E-state index contributed by atoms with van der Waals surface area (Å²) in [5, 5.41) is 21.4. The monoisotopic (exact) mass is 280 g/mol.